The molecule has 0 bridgehead atoms. The highest BCUT2D eigenvalue weighted by Crippen LogP contribution is 2.42. The van der Waals surface area contributed by atoms with Crippen LogP contribution in [0.1, 0.15) is 12.6 Å². The average Bonchev–Trinajstić information content (AvgIpc) is 3.14. The molecule has 0 radical (unpaired) electrons. The van der Waals surface area contributed by atoms with Crippen molar-refractivity contribution in [3.8, 4) is 23.0 Å². The van der Waals surface area contributed by atoms with Crippen molar-refractivity contribution >= 4 is 32.4 Å². The first-order valence-corrected chi connectivity index (χ1v) is 9.00. The van der Waals surface area contributed by atoms with Gasteiger partial charge in [0.05, 0.1) is 23.3 Å². The molecule has 6 heteroatoms. The van der Waals surface area contributed by atoms with Crippen molar-refractivity contribution in [3.05, 3.63) is 42.1 Å². The Morgan fingerprint density at radius 2 is 1.75 bits per heavy atom. The topological polar surface area (TPSA) is 51.8 Å². The number of rotatable bonds is 2. The maximum atomic E-state index is 10.8. The Bertz CT molecular complexity index is 1250. The molecule has 2 heterocycles. The third-order valence-corrected chi connectivity index (χ3v) is 5.50. The van der Waals surface area contributed by atoms with Crippen LogP contribution in [0.5, 0.6) is 23.0 Å². The minimum atomic E-state index is 0. The highest BCUT2D eigenvalue weighted by atomic mass is 35.5. The number of benzene rings is 3. The van der Waals surface area contributed by atoms with E-state index in [2.05, 4.69) is 29.7 Å². The van der Waals surface area contributed by atoms with Crippen LogP contribution in [0.25, 0.3) is 32.4 Å². The van der Waals surface area contributed by atoms with Crippen LogP contribution in [0.2, 0.25) is 0 Å². The molecule has 0 saturated carbocycles. The molecule has 5 nitrogen and oxygen atoms in total. The summed E-state index contributed by atoms with van der Waals surface area (Å²) in [5.41, 5.74) is 2.17. The third kappa shape index (κ3) is 2.36. The monoisotopic (exact) mass is 397 g/mol. The molecule has 0 aliphatic carbocycles. The normalized spacial score (nSPS) is 12.5. The number of halogens is 1. The lowest BCUT2D eigenvalue weighted by molar-refractivity contribution is -0.650. The summed E-state index contributed by atoms with van der Waals surface area (Å²) in [6.45, 7) is 2.35. The molecule has 0 unspecified atom stereocenters. The van der Waals surface area contributed by atoms with Crippen LogP contribution in [0.15, 0.2) is 36.4 Å². The van der Waals surface area contributed by atoms with E-state index in [9.17, 15) is 5.11 Å². The van der Waals surface area contributed by atoms with Gasteiger partial charge in [0.25, 0.3) is 0 Å². The Morgan fingerprint density at radius 3 is 2.46 bits per heavy atom. The van der Waals surface area contributed by atoms with Gasteiger partial charge in [0, 0.05) is 11.8 Å². The Kier molecular flexibility index (Phi) is 4.35. The second kappa shape index (κ2) is 6.60. The molecule has 1 aliphatic heterocycles. The van der Waals surface area contributed by atoms with E-state index < -0.39 is 0 Å². The van der Waals surface area contributed by atoms with Gasteiger partial charge in [0.15, 0.2) is 28.7 Å². The maximum absolute atomic E-state index is 10.8. The summed E-state index contributed by atoms with van der Waals surface area (Å²) >= 11 is 0. The fourth-order valence-corrected chi connectivity index (χ4v) is 4.25. The van der Waals surface area contributed by atoms with E-state index in [0.717, 1.165) is 56.1 Å². The van der Waals surface area contributed by atoms with E-state index in [1.54, 1.807) is 7.11 Å². The number of hydrogen-bond acceptors (Lipinski definition) is 4. The number of hydrogen-bond donors (Lipinski definition) is 1. The molecule has 5 rings (SSSR count). The van der Waals surface area contributed by atoms with Crippen LogP contribution in [0.3, 0.4) is 0 Å². The van der Waals surface area contributed by atoms with E-state index in [4.69, 9.17) is 14.2 Å². The molecule has 0 spiro atoms. The van der Waals surface area contributed by atoms with E-state index >= 15 is 0 Å². The van der Waals surface area contributed by atoms with Gasteiger partial charge in [-0.2, -0.15) is 4.57 Å². The van der Waals surface area contributed by atoms with Crippen LogP contribution in [-0.4, -0.2) is 19.0 Å². The lowest BCUT2D eigenvalue weighted by Gasteiger charge is -2.13. The van der Waals surface area contributed by atoms with Crippen LogP contribution in [0.4, 0.5) is 0 Å². The molecule has 0 atom stereocenters. The summed E-state index contributed by atoms with van der Waals surface area (Å²) in [6.07, 6.45) is 0.782. The zero-order valence-electron chi connectivity index (χ0n) is 15.9. The van der Waals surface area contributed by atoms with Crippen LogP contribution >= 0.6 is 0 Å². The van der Waals surface area contributed by atoms with Crippen molar-refractivity contribution in [2.24, 2.45) is 7.05 Å². The van der Waals surface area contributed by atoms with Gasteiger partial charge in [-0.15, -0.1) is 0 Å². The van der Waals surface area contributed by atoms with Crippen molar-refractivity contribution in [1.82, 2.24) is 0 Å². The van der Waals surface area contributed by atoms with Crippen molar-refractivity contribution in [2.75, 3.05) is 13.9 Å². The Balaban J connectivity index is 0.00000192. The number of ether oxygens (including phenoxy) is 3. The Hall–Kier alpha value is -2.92. The van der Waals surface area contributed by atoms with Crippen LogP contribution in [-0.2, 0) is 13.5 Å². The van der Waals surface area contributed by atoms with E-state index in [1.165, 1.54) is 0 Å². The standard InChI is InChI=1S/C22H19NO4.ClH/c1-4-16-20-13(7-8-17(25-3)22(20)24)14-6-5-12-9-18-19(27-11-26-18)10-15(12)21(14)23(16)2;/h5-10H,4,11H2,1-3H3;1H. The number of pyridine rings is 1. The highest BCUT2D eigenvalue weighted by molar-refractivity contribution is 6.15. The lowest BCUT2D eigenvalue weighted by Crippen LogP contribution is -3.00. The molecule has 0 saturated heterocycles. The molecule has 0 fully saturated rings. The van der Waals surface area contributed by atoms with Crippen molar-refractivity contribution < 1.29 is 36.3 Å². The fourth-order valence-electron chi connectivity index (χ4n) is 4.25. The zero-order chi connectivity index (χ0) is 18.7. The van der Waals surface area contributed by atoms with Crippen molar-refractivity contribution in [3.63, 3.8) is 0 Å². The molecular weight excluding hydrogens is 378 g/mol. The number of aryl methyl sites for hydroxylation is 2. The van der Waals surface area contributed by atoms with Gasteiger partial charge in [-0.1, -0.05) is 13.0 Å². The third-order valence-electron chi connectivity index (χ3n) is 5.50. The molecule has 0 amide bonds. The summed E-state index contributed by atoms with van der Waals surface area (Å²) < 4.78 is 18.6. The highest BCUT2D eigenvalue weighted by Gasteiger charge is 2.25. The van der Waals surface area contributed by atoms with Crippen LogP contribution in [0, 0.1) is 0 Å². The first-order chi connectivity index (χ1) is 13.1. The largest absolute Gasteiger partial charge is 1.00 e. The fraction of sp³-hybridized carbons (Fsp3) is 0.227. The maximum Gasteiger partial charge on any atom is 0.231 e. The smallest absolute Gasteiger partial charge is 0.231 e. The first-order valence-electron chi connectivity index (χ1n) is 9.00. The van der Waals surface area contributed by atoms with Gasteiger partial charge in [0.2, 0.25) is 12.3 Å². The quantitative estimate of drug-likeness (QED) is 0.405. The van der Waals surface area contributed by atoms with Crippen molar-refractivity contribution in [1.29, 1.82) is 0 Å². The number of methoxy groups -OCH3 is 1. The number of aromatic nitrogens is 1. The SMILES string of the molecule is CCc1c2c(O)c(OC)ccc2c2ccc3cc4c(cc3c2[n+]1C)OCO4.[Cl-]. The van der Waals surface area contributed by atoms with Gasteiger partial charge in [-0.3, -0.25) is 0 Å². The molecule has 3 aromatic carbocycles. The Labute approximate surface area is 168 Å². The van der Waals surface area contributed by atoms with Gasteiger partial charge < -0.3 is 31.7 Å². The minimum Gasteiger partial charge on any atom is -1.00 e. The Morgan fingerprint density at radius 1 is 1.04 bits per heavy atom. The molecular formula is C22H20ClNO4. The summed E-state index contributed by atoms with van der Waals surface area (Å²) in [6, 6.07) is 12.1. The predicted octanol–water partition coefficient (Wildman–Crippen LogP) is 0.980. The average molecular weight is 398 g/mol. The number of fused-ring (bicyclic) bond motifs is 6. The number of phenols is 1. The number of phenolic OH excluding ortho intramolecular Hbond substituents is 1. The molecule has 144 valence electrons. The van der Waals surface area contributed by atoms with Crippen molar-refractivity contribution in [2.45, 2.75) is 13.3 Å². The van der Waals surface area contributed by atoms with Gasteiger partial charge in [0.1, 0.15) is 7.05 Å². The summed E-state index contributed by atoms with van der Waals surface area (Å²) in [4.78, 5) is 0. The lowest BCUT2D eigenvalue weighted by atomic mass is 9.97. The second-order valence-electron chi connectivity index (χ2n) is 6.79. The molecule has 1 aromatic heterocycles. The minimum absolute atomic E-state index is 0. The van der Waals surface area contributed by atoms with Gasteiger partial charge in [-0.25, -0.2) is 0 Å². The first kappa shape index (κ1) is 18.4. The summed E-state index contributed by atoms with van der Waals surface area (Å²) in [5, 5.41) is 15.9. The zero-order valence-corrected chi connectivity index (χ0v) is 16.6. The molecule has 28 heavy (non-hydrogen) atoms. The number of aromatic hydroxyl groups is 1. The summed E-state index contributed by atoms with van der Waals surface area (Å²) in [7, 11) is 3.62. The number of nitrogens with zero attached hydrogens (tertiary/aromatic N) is 1. The predicted molar refractivity (Wildman–Crippen MR) is 104 cm³/mol. The van der Waals surface area contributed by atoms with E-state index in [1.807, 2.05) is 25.2 Å². The van der Waals surface area contributed by atoms with Gasteiger partial charge >= 0.3 is 0 Å². The molecule has 1 N–H and O–H groups in total. The second-order valence-corrected chi connectivity index (χ2v) is 6.79. The summed E-state index contributed by atoms with van der Waals surface area (Å²) in [5.74, 6) is 2.23. The van der Waals surface area contributed by atoms with Gasteiger partial charge in [-0.05, 0) is 35.7 Å². The molecule has 4 aromatic rings. The van der Waals surface area contributed by atoms with E-state index in [-0.39, 0.29) is 24.9 Å². The van der Waals surface area contributed by atoms with E-state index in [0.29, 0.717) is 5.75 Å². The molecule has 1 aliphatic rings. The van der Waals surface area contributed by atoms with Crippen LogP contribution < -0.4 is 31.2 Å².